The minimum atomic E-state index is -0.0554. The number of rotatable bonds is 4. The van der Waals surface area contributed by atoms with Crippen LogP contribution in [0.4, 0.5) is 0 Å². The van der Waals surface area contributed by atoms with Gasteiger partial charge in [-0.15, -0.1) is 0 Å². The number of hydrogen-bond donors (Lipinski definition) is 2. The number of nitrogens with two attached hydrogens (primary N) is 1. The molecule has 1 saturated carbocycles. The summed E-state index contributed by atoms with van der Waals surface area (Å²) in [6.07, 6.45) is 7.07. The summed E-state index contributed by atoms with van der Waals surface area (Å²) in [7, 11) is 1.82. The van der Waals surface area contributed by atoms with E-state index in [1.807, 2.05) is 7.11 Å². The summed E-state index contributed by atoms with van der Waals surface area (Å²) < 4.78 is 11.4. The largest absolute Gasteiger partial charge is 0.381 e. The van der Waals surface area contributed by atoms with Crippen LogP contribution in [0.1, 0.15) is 38.5 Å². The predicted molar refractivity (Wildman–Crippen MR) is 62.9 cm³/mol. The van der Waals surface area contributed by atoms with Crippen molar-refractivity contribution in [2.75, 3.05) is 20.3 Å². The molecule has 0 spiro atoms. The molecule has 4 nitrogen and oxygen atoms in total. The highest BCUT2D eigenvalue weighted by Gasteiger charge is 2.45. The van der Waals surface area contributed by atoms with Gasteiger partial charge in [0.15, 0.2) is 0 Å². The first-order valence-corrected chi connectivity index (χ1v) is 6.41. The summed E-state index contributed by atoms with van der Waals surface area (Å²) in [5.74, 6) is 6.26. The Labute approximate surface area is 97.8 Å². The number of nitrogens with one attached hydrogen (secondary N) is 1. The third-order valence-electron chi connectivity index (χ3n) is 4.27. The first kappa shape index (κ1) is 12.3. The van der Waals surface area contributed by atoms with Crippen molar-refractivity contribution in [3.05, 3.63) is 0 Å². The first-order chi connectivity index (χ1) is 7.82. The molecule has 2 fully saturated rings. The van der Waals surface area contributed by atoms with Gasteiger partial charge in [0.2, 0.25) is 0 Å². The van der Waals surface area contributed by atoms with Gasteiger partial charge in [0, 0.05) is 19.6 Å². The Bertz CT molecular complexity index is 211. The topological polar surface area (TPSA) is 56.5 Å². The third-order valence-corrected chi connectivity index (χ3v) is 4.27. The van der Waals surface area contributed by atoms with Crippen molar-refractivity contribution in [2.24, 2.45) is 11.8 Å². The van der Waals surface area contributed by atoms with Crippen molar-refractivity contribution in [1.29, 1.82) is 0 Å². The average molecular weight is 228 g/mol. The van der Waals surface area contributed by atoms with E-state index in [-0.39, 0.29) is 11.6 Å². The maximum Gasteiger partial charge on any atom is 0.0847 e. The van der Waals surface area contributed by atoms with E-state index in [0.29, 0.717) is 5.92 Å². The lowest BCUT2D eigenvalue weighted by Crippen LogP contribution is -2.58. The van der Waals surface area contributed by atoms with Gasteiger partial charge < -0.3 is 9.47 Å². The second-order valence-corrected chi connectivity index (χ2v) is 5.10. The molecular weight excluding hydrogens is 204 g/mol. The van der Waals surface area contributed by atoms with Gasteiger partial charge in [0.05, 0.1) is 18.2 Å². The van der Waals surface area contributed by atoms with Gasteiger partial charge in [-0.25, -0.2) is 0 Å². The fraction of sp³-hybridized carbons (Fsp3) is 1.00. The minimum Gasteiger partial charge on any atom is -0.381 e. The van der Waals surface area contributed by atoms with Crippen molar-refractivity contribution in [3.63, 3.8) is 0 Å². The molecule has 0 amide bonds. The molecule has 2 rings (SSSR count). The molecule has 1 heterocycles. The lowest BCUT2D eigenvalue weighted by atomic mass is 9.80. The average Bonchev–Trinajstić information content (AvgIpc) is 2.81. The zero-order valence-electron chi connectivity index (χ0n) is 10.2. The van der Waals surface area contributed by atoms with Crippen molar-refractivity contribution in [2.45, 2.75) is 50.2 Å². The molecule has 4 heteroatoms. The third kappa shape index (κ3) is 2.25. The first-order valence-electron chi connectivity index (χ1n) is 6.41. The standard InChI is InChI=1S/C12H24N2O2/c1-15-12(6-2-3-7-12)11(14-13)10-5-4-8-16-9-10/h10-11,14H,2-9,13H2,1H3. The van der Waals surface area contributed by atoms with Gasteiger partial charge in [-0.2, -0.15) is 0 Å². The van der Waals surface area contributed by atoms with Crippen LogP contribution >= 0.6 is 0 Å². The van der Waals surface area contributed by atoms with Crippen LogP contribution in [0.25, 0.3) is 0 Å². The van der Waals surface area contributed by atoms with Crippen LogP contribution in [0, 0.1) is 5.92 Å². The summed E-state index contributed by atoms with van der Waals surface area (Å²) in [5.41, 5.74) is 2.95. The number of methoxy groups -OCH3 is 1. The summed E-state index contributed by atoms with van der Waals surface area (Å²) in [4.78, 5) is 0. The van der Waals surface area contributed by atoms with E-state index in [2.05, 4.69) is 5.43 Å². The quantitative estimate of drug-likeness (QED) is 0.561. The van der Waals surface area contributed by atoms with E-state index in [4.69, 9.17) is 15.3 Å². The minimum absolute atomic E-state index is 0.0554. The fourth-order valence-electron chi connectivity index (χ4n) is 3.36. The molecule has 1 saturated heterocycles. The zero-order valence-corrected chi connectivity index (χ0v) is 10.2. The molecule has 2 atom stereocenters. The Morgan fingerprint density at radius 3 is 2.62 bits per heavy atom. The Morgan fingerprint density at radius 1 is 1.38 bits per heavy atom. The Kier molecular flexibility index (Phi) is 4.19. The molecule has 0 bridgehead atoms. The summed E-state index contributed by atoms with van der Waals surface area (Å²) in [5, 5.41) is 0. The molecule has 94 valence electrons. The maximum atomic E-state index is 5.81. The maximum absolute atomic E-state index is 5.81. The van der Waals surface area contributed by atoms with Gasteiger partial charge in [0.1, 0.15) is 0 Å². The van der Waals surface area contributed by atoms with E-state index in [0.717, 1.165) is 32.5 Å². The molecule has 2 unspecified atom stereocenters. The molecule has 0 radical (unpaired) electrons. The van der Waals surface area contributed by atoms with Gasteiger partial charge in [-0.05, 0) is 25.7 Å². The van der Waals surface area contributed by atoms with Crippen molar-refractivity contribution in [3.8, 4) is 0 Å². The van der Waals surface area contributed by atoms with E-state index in [1.54, 1.807) is 0 Å². The molecule has 0 aromatic rings. The highest BCUT2D eigenvalue weighted by atomic mass is 16.5. The van der Waals surface area contributed by atoms with Gasteiger partial charge in [-0.3, -0.25) is 11.3 Å². The van der Waals surface area contributed by atoms with Crippen LogP contribution in [0.3, 0.4) is 0 Å². The number of hydrogen-bond acceptors (Lipinski definition) is 4. The van der Waals surface area contributed by atoms with Crippen molar-refractivity contribution >= 4 is 0 Å². The molecule has 0 aromatic heterocycles. The van der Waals surface area contributed by atoms with Crippen LogP contribution in [0.5, 0.6) is 0 Å². The van der Waals surface area contributed by atoms with Gasteiger partial charge in [0.25, 0.3) is 0 Å². The molecule has 3 N–H and O–H groups in total. The summed E-state index contributed by atoms with van der Waals surface area (Å²) in [6, 6.07) is 0.236. The SMILES string of the molecule is COC1(C(NN)C2CCCOC2)CCCC1. The normalized spacial score (nSPS) is 31.5. The van der Waals surface area contributed by atoms with Crippen LogP contribution < -0.4 is 11.3 Å². The molecule has 2 aliphatic rings. The Morgan fingerprint density at radius 2 is 2.12 bits per heavy atom. The smallest absolute Gasteiger partial charge is 0.0847 e. The van der Waals surface area contributed by atoms with Crippen LogP contribution in [-0.4, -0.2) is 32.0 Å². The molecular formula is C12H24N2O2. The molecule has 1 aliphatic heterocycles. The molecule has 16 heavy (non-hydrogen) atoms. The Hall–Kier alpha value is -0.160. The van der Waals surface area contributed by atoms with Crippen molar-refractivity contribution < 1.29 is 9.47 Å². The Balaban J connectivity index is 2.06. The van der Waals surface area contributed by atoms with E-state index in [1.165, 1.54) is 19.3 Å². The van der Waals surface area contributed by atoms with Crippen molar-refractivity contribution in [1.82, 2.24) is 5.43 Å². The molecule has 1 aliphatic carbocycles. The lowest BCUT2D eigenvalue weighted by Gasteiger charge is -2.41. The predicted octanol–water partition coefficient (Wildman–Crippen LogP) is 1.20. The summed E-state index contributed by atoms with van der Waals surface area (Å²) >= 11 is 0. The van der Waals surface area contributed by atoms with Crippen LogP contribution in [-0.2, 0) is 9.47 Å². The highest BCUT2D eigenvalue weighted by Crippen LogP contribution is 2.39. The number of hydrazine groups is 1. The van der Waals surface area contributed by atoms with Gasteiger partial charge in [-0.1, -0.05) is 12.8 Å². The van der Waals surface area contributed by atoms with Gasteiger partial charge >= 0.3 is 0 Å². The second kappa shape index (κ2) is 5.45. The summed E-state index contributed by atoms with van der Waals surface area (Å²) in [6.45, 7) is 1.72. The monoisotopic (exact) mass is 228 g/mol. The van der Waals surface area contributed by atoms with Crippen LogP contribution in [0.15, 0.2) is 0 Å². The van der Waals surface area contributed by atoms with Crippen LogP contribution in [0.2, 0.25) is 0 Å². The van der Waals surface area contributed by atoms with E-state index >= 15 is 0 Å². The number of ether oxygens (including phenoxy) is 2. The zero-order chi connectivity index (χ0) is 11.4. The van der Waals surface area contributed by atoms with E-state index in [9.17, 15) is 0 Å². The molecule has 0 aromatic carbocycles. The van der Waals surface area contributed by atoms with E-state index < -0.39 is 0 Å². The highest BCUT2D eigenvalue weighted by molar-refractivity contribution is 4.99. The lowest BCUT2D eigenvalue weighted by molar-refractivity contribution is -0.0747. The fourth-order valence-corrected chi connectivity index (χ4v) is 3.36. The second-order valence-electron chi connectivity index (χ2n) is 5.10.